The average molecular weight is 633 g/mol. The molecule has 2 unspecified atom stereocenters. The van der Waals surface area contributed by atoms with E-state index in [9.17, 15) is 23.2 Å². The molecular weight excluding hydrogens is 594 g/mol. The number of ether oxygens (including phenoxy) is 2. The van der Waals surface area contributed by atoms with Gasteiger partial charge in [-0.25, -0.2) is 34.2 Å². The number of aryl methyl sites for hydroxylation is 1. The summed E-state index contributed by atoms with van der Waals surface area (Å²) in [7, 11) is 1.72. The SMILES string of the molecule is Cn1ncc(N(N)C(=O)c2nc(-c3c(F)cccc3F)sc2C(=O)OC(C)(C)C)c1C1CCCC(NC(=O)OC(C)(C)C)C1. The summed E-state index contributed by atoms with van der Waals surface area (Å²) < 4.78 is 41.8. The van der Waals surface area contributed by atoms with Crippen LogP contribution >= 0.6 is 11.3 Å². The highest BCUT2D eigenvalue weighted by molar-refractivity contribution is 7.17. The lowest BCUT2D eigenvalue weighted by Gasteiger charge is -2.32. The van der Waals surface area contributed by atoms with Gasteiger partial charge in [-0.15, -0.1) is 11.3 Å². The second-order valence-corrected chi connectivity index (χ2v) is 13.7. The standard InChI is InChI=1S/C30H38F2N6O5S/c1-29(2,3)42-27(40)24-22(36-25(44-24)21-18(31)12-9-13-19(21)32)26(39)38(33)20-15-34-37(7)23(20)16-10-8-11-17(14-16)35-28(41)43-30(4,5)6/h9,12-13,15-17H,8,10-11,14,33H2,1-7H3,(H,35,41). The van der Waals surface area contributed by atoms with E-state index in [0.29, 0.717) is 23.5 Å². The molecule has 3 N–H and O–H groups in total. The van der Waals surface area contributed by atoms with E-state index in [1.807, 2.05) is 0 Å². The average Bonchev–Trinajstić information content (AvgIpc) is 3.50. The van der Waals surface area contributed by atoms with Gasteiger partial charge in [-0.05, 0) is 72.9 Å². The molecule has 3 aromatic rings. The maximum atomic E-state index is 14.7. The van der Waals surface area contributed by atoms with E-state index >= 15 is 0 Å². The lowest BCUT2D eigenvalue weighted by atomic mass is 9.83. The molecular formula is C30H38F2N6O5S. The largest absolute Gasteiger partial charge is 0.456 e. The van der Waals surface area contributed by atoms with Gasteiger partial charge in [0.25, 0.3) is 5.91 Å². The van der Waals surface area contributed by atoms with Crippen LogP contribution in [0.4, 0.5) is 19.3 Å². The Bertz CT molecular complexity index is 1540. The molecule has 1 aliphatic carbocycles. The van der Waals surface area contributed by atoms with Gasteiger partial charge in [0.1, 0.15) is 38.4 Å². The minimum Gasteiger partial charge on any atom is -0.456 e. The van der Waals surface area contributed by atoms with Crippen LogP contribution in [-0.4, -0.2) is 50.0 Å². The van der Waals surface area contributed by atoms with Gasteiger partial charge in [0.05, 0.1) is 17.5 Å². The summed E-state index contributed by atoms with van der Waals surface area (Å²) in [6.07, 6.45) is 3.75. The molecule has 44 heavy (non-hydrogen) atoms. The number of benzene rings is 1. The summed E-state index contributed by atoms with van der Waals surface area (Å²) in [6, 6.07) is 3.14. The molecule has 0 bridgehead atoms. The summed E-state index contributed by atoms with van der Waals surface area (Å²) in [5, 5.41) is 7.87. The third-order valence-corrected chi connectivity index (χ3v) is 7.87. The lowest BCUT2D eigenvalue weighted by molar-refractivity contribution is 0.00728. The summed E-state index contributed by atoms with van der Waals surface area (Å²) in [5.74, 6) is 2.67. The van der Waals surface area contributed by atoms with Crippen LogP contribution in [0, 0.1) is 11.6 Å². The van der Waals surface area contributed by atoms with Gasteiger partial charge in [-0.2, -0.15) is 5.10 Å². The van der Waals surface area contributed by atoms with Crippen molar-refractivity contribution in [1.29, 1.82) is 0 Å². The molecule has 238 valence electrons. The number of alkyl carbamates (subject to hydrolysis) is 1. The van der Waals surface area contributed by atoms with Crippen molar-refractivity contribution in [3.63, 3.8) is 0 Å². The molecule has 0 radical (unpaired) electrons. The molecule has 11 nitrogen and oxygen atoms in total. The molecule has 1 fully saturated rings. The number of hydrazine groups is 1. The molecule has 1 saturated carbocycles. The van der Waals surface area contributed by atoms with Crippen LogP contribution in [0.2, 0.25) is 0 Å². The van der Waals surface area contributed by atoms with Crippen molar-refractivity contribution in [2.24, 2.45) is 12.9 Å². The van der Waals surface area contributed by atoms with Crippen molar-refractivity contribution in [3.05, 3.63) is 52.3 Å². The number of thiazole rings is 1. The Morgan fingerprint density at radius 3 is 2.32 bits per heavy atom. The molecule has 0 aliphatic heterocycles. The third-order valence-electron chi connectivity index (χ3n) is 6.82. The van der Waals surface area contributed by atoms with Crippen LogP contribution in [0.15, 0.2) is 24.4 Å². The maximum absolute atomic E-state index is 14.7. The van der Waals surface area contributed by atoms with Gasteiger partial charge >= 0.3 is 12.1 Å². The Kier molecular flexibility index (Phi) is 9.45. The van der Waals surface area contributed by atoms with Gasteiger partial charge in [0.2, 0.25) is 0 Å². The number of halogens is 2. The highest BCUT2D eigenvalue weighted by Gasteiger charge is 2.35. The van der Waals surface area contributed by atoms with E-state index in [-0.39, 0.29) is 27.5 Å². The Balaban J connectivity index is 1.67. The predicted molar refractivity (Wildman–Crippen MR) is 161 cm³/mol. The van der Waals surface area contributed by atoms with Crippen LogP contribution in [0.5, 0.6) is 0 Å². The monoisotopic (exact) mass is 632 g/mol. The van der Waals surface area contributed by atoms with Crippen LogP contribution in [0.1, 0.15) is 99.0 Å². The first-order chi connectivity index (χ1) is 20.4. The number of rotatable bonds is 6. The smallest absolute Gasteiger partial charge is 0.407 e. The zero-order valence-electron chi connectivity index (χ0n) is 25.9. The first-order valence-corrected chi connectivity index (χ1v) is 15.1. The number of anilines is 1. The fourth-order valence-corrected chi connectivity index (χ4v) is 6.08. The highest BCUT2D eigenvalue weighted by Crippen LogP contribution is 2.39. The predicted octanol–water partition coefficient (Wildman–Crippen LogP) is 5.85. The number of nitrogens with one attached hydrogen (secondary N) is 1. The first-order valence-electron chi connectivity index (χ1n) is 14.2. The van der Waals surface area contributed by atoms with Crippen LogP contribution in [0.25, 0.3) is 10.6 Å². The molecule has 1 aromatic carbocycles. The fraction of sp³-hybridized carbons (Fsp3) is 0.500. The maximum Gasteiger partial charge on any atom is 0.407 e. The number of carbonyl (C=O) groups excluding carboxylic acids is 3. The van der Waals surface area contributed by atoms with Crippen LogP contribution in [0.3, 0.4) is 0 Å². The number of carbonyl (C=O) groups is 3. The van der Waals surface area contributed by atoms with Crippen molar-refractivity contribution in [3.8, 4) is 10.6 Å². The number of amides is 2. The Morgan fingerprint density at radius 2 is 1.70 bits per heavy atom. The number of esters is 1. The molecule has 2 aromatic heterocycles. The number of nitrogens with zero attached hydrogens (tertiary/aromatic N) is 4. The zero-order valence-corrected chi connectivity index (χ0v) is 26.7. The Labute approximate surface area is 258 Å². The van der Waals surface area contributed by atoms with Gasteiger partial charge in [-0.1, -0.05) is 12.5 Å². The number of nitrogens with two attached hydrogens (primary N) is 1. The van der Waals surface area contributed by atoms with Gasteiger partial charge in [0, 0.05) is 19.0 Å². The molecule has 2 atom stereocenters. The highest BCUT2D eigenvalue weighted by atomic mass is 32.1. The molecule has 4 rings (SSSR count). The molecule has 2 heterocycles. The summed E-state index contributed by atoms with van der Waals surface area (Å²) in [6.45, 7) is 10.3. The molecule has 2 amide bonds. The Hall–Kier alpha value is -3.91. The Morgan fingerprint density at radius 1 is 1.07 bits per heavy atom. The van der Waals surface area contributed by atoms with E-state index in [4.69, 9.17) is 15.3 Å². The molecule has 1 aliphatic rings. The third kappa shape index (κ3) is 7.59. The van der Waals surface area contributed by atoms with Crippen molar-refractivity contribution >= 4 is 35.0 Å². The van der Waals surface area contributed by atoms with Crippen molar-refractivity contribution in [2.45, 2.75) is 90.4 Å². The molecule has 0 spiro atoms. The second-order valence-electron chi connectivity index (χ2n) is 12.7. The normalized spacial score (nSPS) is 17.2. The quantitative estimate of drug-likeness (QED) is 0.149. The number of hydrogen-bond donors (Lipinski definition) is 2. The van der Waals surface area contributed by atoms with Gasteiger partial charge < -0.3 is 14.8 Å². The topological polar surface area (TPSA) is 142 Å². The summed E-state index contributed by atoms with van der Waals surface area (Å²) in [4.78, 5) is 43.4. The van der Waals surface area contributed by atoms with Crippen molar-refractivity contribution < 1.29 is 32.6 Å². The minimum atomic E-state index is -0.922. The lowest BCUT2D eigenvalue weighted by Crippen LogP contribution is -2.42. The number of aromatic nitrogens is 3. The van der Waals surface area contributed by atoms with Crippen LogP contribution in [-0.2, 0) is 16.5 Å². The van der Waals surface area contributed by atoms with E-state index in [1.165, 1.54) is 12.3 Å². The van der Waals surface area contributed by atoms with Crippen molar-refractivity contribution in [2.75, 3.05) is 5.01 Å². The number of hydrogen-bond acceptors (Lipinski definition) is 9. The molecule has 14 heteroatoms. The van der Waals surface area contributed by atoms with E-state index < -0.39 is 52.1 Å². The van der Waals surface area contributed by atoms with E-state index in [0.717, 1.165) is 36.4 Å². The van der Waals surface area contributed by atoms with Crippen LogP contribution < -0.4 is 16.2 Å². The minimum absolute atomic E-state index is 0.131. The summed E-state index contributed by atoms with van der Waals surface area (Å²) >= 11 is 0.636. The van der Waals surface area contributed by atoms with Gasteiger partial charge in [-0.3, -0.25) is 9.48 Å². The van der Waals surface area contributed by atoms with Crippen molar-refractivity contribution in [1.82, 2.24) is 20.1 Å². The fourth-order valence-electron chi connectivity index (χ4n) is 5.10. The van der Waals surface area contributed by atoms with Gasteiger partial charge in [0.15, 0.2) is 5.69 Å². The van der Waals surface area contributed by atoms with E-state index in [1.54, 1.807) is 53.3 Å². The molecule has 0 saturated heterocycles. The first kappa shape index (κ1) is 33.0. The second kappa shape index (κ2) is 12.6. The van der Waals surface area contributed by atoms with E-state index in [2.05, 4.69) is 15.4 Å². The summed E-state index contributed by atoms with van der Waals surface area (Å²) in [5.41, 5.74) is -1.54. The zero-order chi connectivity index (χ0) is 32.6.